The summed E-state index contributed by atoms with van der Waals surface area (Å²) in [5.41, 5.74) is 0.235. The summed E-state index contributed by atoms with van der Waals surface area (Å²) in [7, 11) is 0. The molecule has 0 radical (unpaired) electrons. The molecule has 0 bridgehead atoms. The van der Waals surface area contributed by atoms with Crippen LogP contribution in [0.3, 0.4) is 0 Å². The molecule has 0 spiro atoms. The van der Waals surface area contributed by atoms with Gasteiger partial charge in [-0.1, -0.05) is 31.9 Å². The van der Waals surface area contributed by atoms with Crippen LogP contribution in [0.2, 0.25) is 0 Å². The van der Waals surface area contributed by atoms with Crippen LogP contribution in [0.25, 0.3) is 0 Å². The van der Waals surface area contributed by atoms with Crippen molar-refractivity contribution in [2.24, 2.45) is 0 Å². The first kappa shape index (κ1) is 21.5. The standard InChI is InChI=1S/C21H21F3O4/c1-2-3-4-13-27-19(25)16-7-9-17(10-8-16)20(26)28-14-15-5-11-18(12-6-15)21(22,23)24/h5-12H,2-4,13-14H2,1H3. The van der Waals surface area contributed by atoms with Crippen LogP contribution in [0, 0.1) is 0 Å². The number of rotatable bonds is 8. The Morgan fingerprint density at radius 2 is 1.36 bits per heavy atom. The summed E-state index contributed by atoms with van der Waals surface area (Å²) in [4.78, 5) is 23.9. The second-order valence-electron chi connectivity index (χ2n) is 6.19. The first-order chi connectivity index (χ1) is 13.3. The fraction of sp³-hybridized carbons (Fsp3) is 0.333. The Morgan fingerprint density at radius 1 is 0.821 bits per heavy atom. The summed E-state index contributed by atoms with van der Waals surface area (Å²) in [6.07, 6.45) is -1.59. The molecule has 0 aliphatic carbocycles. The smallest absolute Gasteiger partial charge is 0.416 e. The molecular weight excluding hydrogens is 373 g/mol. The third-order valence-corrected chi connectivity index (χ3v) is 3.99. The van der Waals surface area contributed by atoms with Crippen molar-refractivity contribution >= 4 is 11.9 Å². The molecule has 0 aliphatic heterocycles. The maximum atomic E-state index is 12.5. The number of hydrogen-bond donors (Lipinski definition) is 0. The number of halogens is 3. The van der Waals surface area contributed by atoms with E-state index in [1.807, 2.05) is 0 Å². The maximum absolute atomic E-state index is 12.5. The van der Waals surface area contributed by atoms with Crippen LogP contribution in [0.5, 0.6) is 0 Å². The number of carbonyl (C=O) groups excluding carboxylic acids is 2. The van der Waals surface area contributed by atoms with Crippen LogP contribution < -0.4 is 0 Å². The van der Waals surface area contributed by atoms with E-state index in [1.165, 1.54) is 36.4 Å². The lowest BCUT2D eigenvalue weighted by atomic mass is 10.1. The molecule has 0 atom stereocenters. The predicted molar refractivity (Wildman–Crippen MR) is 96.8 cm³/mol. The highest BCUT2D eigenvalue weighted by Crippen LogP contribution is 2.29. The molecule has 150 valence electrons. The average molecular weight is 394 g/mol. The fourth-order valence-electron chi connectivity index (χ4n) is 2.36. The van der Waals surface area contributed by atoms with Crippen molar-refractivity contribution in [3.63, 3.8) is 0 Å². The van der Waals surface area contributed by atoms with Crippen LogP contribution in [0.15, 0.2) is 48.5 Å². The highest BCUT2D eigenvalue weighted by atomic mass is 19.4. The van der Waals surface area contributed by atoms with Crippen molar-refractivity contribution < 1.29 is 32.2 Å². The topological polar surface area (TPSA) is 52.6 Å². The van der Waals surface area contributed by atoms with Crippen molar-refractivity contribution in [3.8, 4) is 0 Å². The Hall–Kier alpha value is -2.83. The van der Waals surface area contributed by atoms with Crippen LogP contribution in [0.4, 0.5) is 13.2 Å². The average Bonchev–Trinajstić information content (AvgIpc) is 2.69. The van der Waals surface area contributed by atoms with E-state index in [1.54, 1.807) is 0 Å². The van der Waals surface area contributed by atoms with Crippen molar-refractivity contribution in [2.75, 3.05) is 6.61 Å². The van der Waals surface area contributed by atoms with Gasteiger partial charge in [0.05, 0.1) is 23.3 Å². The number of ether oxygens (including phenoxy) is 2. The molecule has 0 aliphatic rings. The van der Waals surface area contributed by atoms with E-state index in [9.17, 15) is 22.8 Å². The van der Waals surface area contributed by atoms with Gasteiger partial charge < -0.3 is 9.47 Å². The van der Waals surface area contributed by atoms with Crippen molar-refractivity contribution in [1.29, 1.82) is 0 Å². The van der Waals surface area contributed by atoms with Gasteiger partial charge >= 0.3 is 18.1 Å². The first-order valence-corrected chi connectivity index (χ1v) is 8.91. The zero-order valence-corrected chi connectivity index (χ0v) is 15.4. The number of benzene rings is 2. The molecule has 2 rings (SSSR count). The number of esters is 2. The maximum Gasteiger partial charge on any atom is 0.416 e. The summed E-state index contributed by atoms with van der Waals surface area (Å²) in [6.45, 7) is 2.25. The molecule has 7 heteroatoms. The lowest BCUT2D eigenvalue weighted by Gasteiger charge is -2.09. The fourth-order valence-corrected chi connectivity index (χ4v) is 2.36. The van der Waals surface area contributed by atoms with Gasteiger partial charge in [-0.2, -0.15) is 13.2 Å². The highest BCUT2D eigenvalue weighted by molar-refractivity contribution is 5.93. The van der Waals surface area contributed by atoms with E-state index in [2.05, 4.69) is 6.92 Å². The monoisotopic (exact) mass is 394 g/mol. The van der Waals surface area contributed by atoms with Gasteiger partial charge in [0.15, 0.2) is 0 Å². The normalized spacial score (nSPS) is 11.1. The van der Waals surface area contributed by atoms with Gasteiger partial charge in [0.2, 0.25) is 0 Å². The van der Waals surface area contributed by atoms with Crippen LogP contribution in [-0.4, -0.2) is 18.5 Å². The Balaban J connectivity index is 1.86. The van der Waals surface area contributed by atoms with Crippen LogP contribution >= 0.6 is 0 Å². The molecule has 4 nitrogen and oxygen atoms in total. The molecule has 0 aromatic heterocycles. The van der Waals surface area contributed by atoms with Crippen molar-refractivity contribution in [2.45, 2.75) is 39.0 Å². The van der Waals surface area contributed by atoms with E-state index in [-0.39, 0.29) is 12.2 Å². The van der Waals surface area contributed by atoms with Gasteiger partial charge in [-0.25, -0.2) is 9.59 Å². The second-order valence-corrected chi connectivity index (χ2v) is 6.19. The summed E-state index contributed by atoms with van der Waals surface area (Å²) in [5, 5.41) is 0. The predicted octanol–water partition coefficient (Wildman–Crippen LogP) is 5.41. The van der Waals surface area contributed by atoms with Gasteiger partial charge in [-0.3, -0.25) is 0 Å². The minimum atomic E-state index is -4.41. The van der Waals surface area contributed by atoms with Crippen molar-refractivity contribution in [3.05, 3.63) is 70.8 Å². The molecule has 0 saturated heterocycles. The SMILES string of the molecule is CCCCCOC(=O)c1ccc(C(=O)OCc2ccc(C(F)(F)F)cc2)cc1. The molecule has 0 N–H and O–H groups in total. The number of hydrogen-bond acceptors (Lipinski definition) is 4. The number of carbonyl (C=O) groups is 2. The van der Waals surface area contributed by atoms with E-state index >= 15 is 0 Å². The molecule has 0 fully saturated rings. The largest absolute Gasteiger partial charge is 0.462 e. The Kier molecular flexibility index (Phi) is 7.61. The molecule has 2 aromatic rings. The number of unbranched alkanes of at least 4 members (excludes halogenated alkanes) is 2. The molecule has 0 saturated carbocycles. The Bertz CT molecular complexity index is 781. The van der Waals surface area contributed by atoms with E-state index in [0.29, 0.717) is 17.7 Å². The minimum Gasteiger partial charge on any atom is -0.462 e. The van der Waals surface area contributed by atoms with Gasteiger partial charge in [0.25, 0.3) is 0 Å². The molecule has 2 aromatic carbocycles. The summed E-state index contributed by atoms with van der Waals surface area (Å²) >= 11 is 0. The van der Waals surface area contributed by atoms with Crippen LogP contribution in [-0.2, 0) is 22.3 Å². The summed E-state index contributed by atoms with van der Waals surface area (Å²) < 4.78 is 47.8. The van der Waals surface area contributed by atoms with Gasteiger partial charge in [0, 0.05) is 0 Å². The third-order valence-electron chi connectivity index (χ3n) is 3.99. The Labute approximate surface area is 161 Å². The molecule has 0 unspecified atom stereocenters. The van der Waals surface area contributed by atoms with Crippen LogP contribution in [0.1, 0.15) is 58.0 Å². The second kappa shape index (κ2) is 9.92. The molecule has 28 heavy (non-hydrogen) atoms. The van der Waals surface area contributed by atoms with Gasteiger partial charge in [-0.15, -0.1) is 0 Å². The molecule has 0 amide bonds. The minimum absolute atomic E-state index is 0.155. The Morgan fingerprint density at radius 3 is 1.86 bits per heavy atom. The first-order valence-electron chi connectivity index (χ1n) is 8.91. The highest BCUT2D eigenvalue weighted by Gasteiger charge is 2.29. The van der Waals surface area contributed by atoms with E-state index < -0.39 is 23.7 Å². The molecular formula is C21H21F3O4. The summed E-state index contributed by atoms with van der Waals surface area (Å²) in [6, 6.07) is 10.2. The zero-order valence-electron chi connectivity index (χ0n) is 15.4. The third kappa shape index (κ3) is 6.40. The lowest BCUT2D eigenvalue weighted by Crippen LogP contribution is -2.09. The lowest BCUT2D eigenvalue weighted by molar-refractivity contribution is -0.137. The zero-order chi connectivity index (χ0) is 20.6. The van der Waals surface area contributed by atoms with Gasteiger partial charge in [0.1, 0.15) is 6.61 Å². The quantitative estimate of drug-likeness (QED) is 0.444. The van der Waals surface area contributed by atoms with Crippen molar-refractivity contribution in [1.82, 2.24) is 0 Å². The van der Waals surface area contributed by atoms with E-state index in [0.717, 1.165) is 31.4 Å². The van der Waals surface area contributed by atoms with Gasteiger partial charge in [-0.05, 0) is 48.4 Å². The van der Waals surface area contributed by atoms with E-state index in [4.69, 9.17) is 9.47 Å². The summed E-state index contributed by atoms with van der Waals surface area (Å²) in [5.74, 6) is -1.09. The molecule has 0 heterocycles. The number of alkyl halides is 3.